The van der Waals surface area contributed by atoms with E-state index < -0.39 is 23.6 Å². The van der Waals surface area contributed by atoms with Crippen molar-refractivity contribution in [3.05, 3.63) is 71.3 Å². The predicted octanol–water partition coefficient (Wildman–Crippen LogP) is 5.59. The molecule has 0 radical (unpaired) electrons. The highest BCUT2D eigenvalue weighted by molar-refractivity contribution is 6.03. The van der Waals surface area contributed by atoms with Gasteiger partial charge in [-0.3, -0.25) is 4.79 Å². The molecular formula is C27H34O6. The molecule has 0 aliphatic rings. The second-order valence-corrected chi connectivity index (χ2v) is 8.93. The molecule has 0 saturated heterocycles. The van der Waals surface area contributed by atoms with E-state index in [1.165, 1.54) is 6.07 Å². The van der Waals surface area contributed by atoms with Gasteiger partial charge in [-0.2, -0.15) is 0 Å². The zero-order valence-electron chi connectivity index (χ0n) is 20.3. The number of hydrogen-bond acceptors (Lipinski definition) is 6. The van der Waals surface area contributed by atoms with Crippen LogP contribution in [0.3, 0.4) is 0 Å². The van der Waals surface area contributed by atoms with Crippen molar-refractivity contribution in [2.75, 3.05) is 0 Å². The van der Waals surface area contributed by atoms with Gasteiger partial charge in [-0.25, -0.2) is 9.59 Å². The summed E-state index contributed by atoms with van der Waals surface area (Å²) in [7, 11) is 0. The summed E-state index contributed by atoms with van der Waals surface area (Å²) in [5.41, 5.74) is 0.168. The van der Waals surface area contributed by atoms with E-state index in [1.54, 1.807) is 45.9 Å². The van der Waals surface area contributed by atoms with Crippen molar-refractivity contribution >= 4 is 17.9 Å². The van der Waals surface area contributed by atoms with Crippen molar-refractivity contribution in [1.29, 1.82) is 0 Å². The van der Waals surface area contributed by atoms with Gasteiger partial charge in [-0.05, 0) is 38.0 Å². The first-order valence-corrected chi connectivity index (χ1v) is 11.3. The number of ether oxygens (including phenoxy) is 3. The summed E-state index contributed by atoms with van der Waals surface area (Å²) in [5.74, 6) is -2.04. The lowest BCUT2D eigenvalue weighted by atomic mass is 9.86. The summed E-state index contributed by atoms with van der Waals surface area (Å²) in [6.07, 6.45) is 0.178. The summed E-state index contributed by atoms with van der Waals surface area (Å²) in [5, 5.41) is 0. The van der Waals surface area contributed by atoms with E-state index in [4.69, 9.17) is 14.2 Å². The third kappa shape index (κ3) is 7.17. The molecular weight excluding hydrogens is 420 g/mol. The highest BCUT2D eigenvalue weighted by Gasteiger charge is 2.38. The minimum absolute atomic E-state index is 0.102. The molecule has 2 aromatic carbocycles. The van der Waals surface area contributed by atoms with Crippen LogP contribution in [-0.4, -0.2) is 29.6 Å². The molecule has 0 spiro atoms. The van der Waals surface area contributed by atoms with Crippen molar-refractivity contribution in [2.24, 2.45) is 11.8 Å². The smallest absolute Gasteiger partial charge is 0.339 e. The molecule has 178 valence electrons. The van der Waals surface area contributed by atoms with Crippen molar-refractivity contribution < 1.29 is 28.6 Å². The molecule has 0 saturated carbocycles. The highest BCUT2D eigenvalue weighted by atomic mass is 16.6. The molecule has 2 unspecified atom stereocenters. The molecule has 0 aromatic heterocycles. The maximum absolute atomic E-state index is 13.1. The average molecular weight is 455 g/mol. The van der Waals surface area contributed by atoms with Gasteiger partial charge in [-0.15, -0.1) is 0 Å². The Bertz CT molecular complexity index is 948. The Morgan fingerprint density at radius 3 is 1.94 bits per heavy atom. The zero-order chi connectivity index (χ0) is 24.6. The zero-order valence-corrected chi connectivity index (χ0v) is 20.3. The van der Waals surface area contributed by atoms with Crippen LogP contribution in [0.25, 0.3) is 0 Å². The quantitative estimate of drug-likeness (QED) is 0.344. The average Bonchev–Trinajstić information content (AvgIpc) is 2.80. The number of hydrogen-bond donors (Lipinski definition) is 0. The van der Waals surface area contributed by atoms with E-state index >= 15 is 0 Å². The number of carbonyl (C=O) groups is 3. The summed E-state index contributed by atoms with van der Waals surface area (Å²) >= 11 is 0. The van der Waals surface area contributed by atoms with E-state index in [0.29, 0.717) is 6.42 Å². The van der Waals surface area contributed by atoms with Gasteiger partial charge < -0.3 is 14.2 Å². The molecule has 33 heavy (non-hydrogen) atoms. The van der Waals surface area contributed by atoms with Crippen LogP contribution in [-0.2, 0) is 25.6 Å². The van der Waals surface area contributed by atoms with Gasteiger partial charge in [0, 0.05) is 5.92 Å². The topological polar surface area (TPSA) is 78.9 Å². The van der Waals surface area contributed by atoms with Gasteiger partial charge in [0.25, 0.3) is 0 Å². The Hall–Kier alpha value is -3.15. The van der Waals surface area contributed by atoms with Crippen LogP contribution >= 0.6 is 0 Å². The minimum Gasteiger partial charge on any atom is -0.462 e. The number of benzene rings is 2. The van der Waals surface area contributed by atoms with E-state index in [-0.39, 0.29) is 35.5 Å². The molecule has 6 heteroatoms. The lowest BCUT2D eigenvalue weighted by Crippen LogP contribution is -2.43. The standard InChI is InChI=1S/C27H34O6/c1-7-23(32-24(28)18(2)3)19(4)27(5,6)33-26(30)22-16-12-11-15-21(22)25(29)31-17-20-13-9-8-10-14-20/h8-16,18-19,23H,7,17H2,1-6H3. The summed E-state index contributed by atoms with van der Waals surface area (Å²) < 4.78 is 16.9. The van der Waals surface area contributed by atoms with E-state index in [0.717, 1.165) is 5.56 Å². The highest BCUT2D eigenvalue weighted by Crippen LogP contribution is 2.30. The molecule has 2 atom stereocenters. The summed E-state index contributed by atoms with van der Waals surface area (Å²) in [4.78, 5) is 37.9. The van der Waals surface area contributed by atoms with Crippen LogP contribution in [0.2, 0.25) is 0 Å². The molecule has 0 aliphatic carbocycles. The van der Waals surface area contributed by atoms with Crippen LogP contribution in [0.1, 0.15) is 74.2 Å². The Kier molecular flexibility index (Phi) is 9.21. The fourth-order valence-electron chi connectivity index (χ4n) is 3.30. The number of rotatable bonds is 10. The third-order valence-electron chi connectivity index (χ3n) is 5.73. The molecule has 2 aromatic rings. The summed E-state index contributed by atoms with van der Waals surface area (Å²) in [6, 6.07) is 15.7. The monoisotopic (exact) mass is 454 g/mol. The fraction of sp³-hybridized carbons (Fsp3) is 0.444. The van der Waals surface area contributed by atoms with Gasteiger partial charge in [0.1, 0.15) is 18.3 Å². The van der Waals surface area contributed by atoms with E-state index in [9.17, 15) is 14.4 Å². The van der Waals surface area contributed by atoms with Crippen LogP contribution in [0.4, 0.5) is 0 Å². The lowest BCUT2D eigenvalue weighted by Gasteiger charge is -2.36. The van der Waals surface area contributed by atoms with Crippen LogP contribution in [0.15, 0.2) is 54.6 Å². The fourth-order valence-corrected chi connectivity index (χ4v) is 3.30. The first-order chi connectivity index (χ1) is 15.6. The molecule has 0 bridgehead atoms. The van der Waals surface area contributed by atoms with Gasteiger partial charge in [-0.1, -0.05) is 70.2 Å². The van der Waals surface area contributed by atoms with E-state index in [2.05, 4.69) is 0 Å². The molecule has 0 heterocycles. The second kappa shape index (κ2) is 11.6. The third-order valence-corrected chi connectivity index (χ3v) is 5.73. The molecule has 0 N–H and O–H groups in total. The summed E-state index contributed by atoms with van der Waals surface area (Å²) in [6.45, 7) is 11.0. The predicted molar refractivity (Wildman–Crippen MR) is 126 cm³/mol. The minimum atomic E-state index is -0.948. The maximum atomic E-state index is 13.1. The van der Waals surface area contributed by atoms with Crippen LogP contribution in [0, 0.1) is 11.8 Å². The first-order valence-electron chi connectivity index (χ1n) is 11.3. The van der Waals surface area contributed by atoms with Gasteiger partial charge in [0.15, 0.2) is 0 Å². The normalized spacial score (nSPS) is 13.2. The lowest BCUT2D eigenvalue weighted by molar-refractivity contribution is -0.160. The largest absolute Gasteiger partial charge is 0.462 e. The number of esters is 3. The molecule has 0 amide bonds. The SMILES string of the molecule is CCC(OC(=O)C(C)C)C(C)C(C)(C)OC(=O)c1ccccc1C(=O)OCc1ccccc1. The Balaban J connectivity index is 2.13. The Morgan fingerprint density at radius 1 is 0.848 bits per heavy atom. The molecule has 2 rings (SSSR count). The van der Waals surface area contributed by atoms with Crippen LogP contribution in [0.5, 0.6) is 0 Å². The van der Waals surface area contributed by atoms with Crippen molar-refractivity contribution in [1.82, 2.24) is 0 Å². The van der Waals surface area contributed by atoms with Gasteiger partial charge >= 0.3 is 17.9 Å². The van der Waals surface area contributed by atoms with Crippen molar-refractivity contribution in [3.8, 4) is 0 Å². The first kappa shape index (κ1) is 26.1. The van der Waals surface area contributed by atoms with Gasteiger partial charge in [0.05, 0.1) is 17.0 Å². The molecule has 0 aliphatic heterocycles. The Morgan fingerprint density at radius 2 is 1.39 bits per heavy atom. The van der Waals surface area contributed by atoms with Crippen molar-refractivity contribution in [2.45, 2.75) is 66.3 Å². The van der Waals surface area contributed by atoms with E-state index in [1.807, 2.05) is 44.2 Å². The maximum Gasteiger partial charge on any atom is 0.339 e. The van der Waals surface area contributed by atoms with Gasteiger partial charge in [0.2, 0.25) is 0 Å². The second-order valence-electron chi connectivity index (χ2n) is 8.93. The number of carbonyl (C=O) groups excluding carboxylic acids is 3. The van der Waals surface area contributed by atoms with Crippen LogP contribution < -0.4 is 0 Å². The van der Waals surface area contributed by atoms with Crippen molar-refractivity contribution in [3.63, 3.8) is 0 Å². The molecule has 6 nitrogen and oxygen atoms in total. The molecule has 0 fully saturated rings. The Labute approximate surface area is 196 Å².